The van der Waals surface area contributed by atoms with Crippen LogP contribution in [0.2, 0.25) is 0 Å². The zero-order valence-electron chi connectivity index (χ0n) is 12.0. The number of rotatable bonds is 6. The summed E-state index contributed by atoms with van der Waals surface area (Å²) in [5, 5.41) is 0. The average molecular weight is 413 g/mol. The summed E-state index contributed by atoms with van der Waals surface area (Å²) in [7, 11) is 1.71. The van der Waals surface area contributed by atoms with Crippen LogP contribution in [-0.2, 0) is 12.8 Å². The Morgan fingerprint density at radius 1 is 1.05 bits per heavy atom. The van der Waals surface area contributed by atoms with Crippen LogP contribution in [0.25, 0.3) is 0 Å². The van der Waals surface area contributed by atoms with Crippen LogP contribution in [0.1, 0.15) is 11.1 Å². The molecule has 0 amide bonds. The van der Waals surface area contributed by atoms with Gasteiger partial charge in [-0.3, -0.25) is 0 Å². The molecule has 0 aliphatic carbocycles. The van der Waals surface area contributed by atoms with E-state index in [4.69, 9.17) is 10.5 Å². The van der Waals surface area contributed by atoms with Crippen molar-refractivity contribution in [1.82, 2.24) is 0 Å². The van der Waals surface area contributed by atoms with Crippen LogP contribution in [0, 0.1) is 5.92 Å². The van der Waals surface area contributed by atoms with E-state index in [0.29, 0.717) is 12.5 Å². The lowest BCUT2D eigenvalue weighted by Crippen LogP contribution is -2.20. The maximum Gasteiger partial charge on any atom is 0.122 e. The lowest BCUT2D eigenvalue weighted by atomic mass is 9.92. The van der Waals surface area contributed by atoms with E-state index in [1.807, 2.05) is 18.2 Å². The molecular weight excluding hydrogens is 394 g/mol. The molecule has 2 aromatic carbocycles. The molecule has 0 aromatic heterocycles. The van der Waals surface area contributed by atoms with Crippen LogP contribution < -0.4 is 10.5 Å². The molecule has 2 rings (SSSR count). The van der Waals surface area contributed by atoms with E-state index in [2.05, 4.69) is 56.1 Å². The summed E-state index contributed by atoms with van der Waals surface area (Å²) >= 11 is 7.13. The van der Waals surface area contributed by atoms with Crippen molar-refractivity contribution in [3.8, 4) is 5.75 Å². The Balaban J connectivity index is 2.16. The van der Waals surface area contributed by atoms with E-state index in [-0.39, 0.29) is 0 Å². The number of benzene rings is 2. The maximum atomic E-state index is 5.98. The maximum absolute atomic E-state index is 5.98. The molecule has 0 bridgehead atoms. The van der Waals surface area contributed by atoms with Gasteiger partial charge in [0.2, 0.25) is 0 Å². The summed E-state index contributed by atoms with van der Waals surface area (Å²) in [5.41, 5.74) is 8.46. The van der Waals surface area contributed by atoms with Crippen LogP contribution in [0.15, 0.2) is 51.4 Å². The van der Waals surface area contributed by atoms with Gasteiger partial charge in [-0.1, -0.05) is 50.1 Å². The third-order valence-corrected chi connectivity index (χ3v) is 4.82. The lowest BCUT2D eigenvalue weighted by Gasteiger charge is -2.18. The van der Waals surface area contributed by atoms with Crippen molar-refractivity contribution in [2.75, 3.05) is 13.7 Å². The highest BCUT2D eigenvalue weighted by Gasteiger charge is 2.14. The first-order chi connectivity index (χ1) is 10.1. The van der Waals surface area contributed by atoms with Gasteiger partial charge in [-0.2, -0.15) is 0 Å². The Kier molecular flexibility index (Phi) is 6.27. The largest absolute Gasteiger partial charge is 0.496 e. The van der Waals surface area contributed by atoms with Gasteiger partial charge in [0.05, 0.1) is 7.11 Å². The fraction of sp³-hybridized carbons (Fsp3) is 0.294. The molecule has 1 atom stereocenters. The Hall–Kier alpha value is -0.840. The number of nitrogens with two attached hydrogens (primary N) is 1. The van der Waals surface area contributed by atoms with Gasteiger partial charge in [0, 0.05) is 8.95 Å². The van der Waals surface area contributed by atoms with Gasteiger partial charge in [0.25, 0.3) is 0 Å². The topological polar surface area (TPSA) is 35.2 Å². The molecule has 0 aliphatic rings. The highest BCUT2D eigenvalue weighted by Crippen LogP contribution is 2.27. The van der Waals surface area contributed by atoms with E-state index in [1.165, 1.54) is 11.1 Å². The standard InChI is InChI=1S/C17H19Br2NO/c1-21-17-7-6-15(18)10-14(17)9-12(11-20)8-13-4-2-3-5-16(13)19/h2-7,10,12H,8-9,11,20H2,1H3. The van der Waals surface area contributed by atoms with E-state index < -0.39 is 0 Å². The second-order valence-electron chi connectivity index (χ2n) is 5.06. The number of halogens is 2. The normalized spacial score (nSPS) is 12.2. The summed E-state index contributed by atoms with van der Waals surface area (Å²) in [4.78, 5) is 0. The molecule has 0 saturated carbocycles. The average Bonchev–Trinajstić information content (AvgIpc) is 2.49. The SMILES string of the molecule is COc1ccc(Br)cc1CC(CN)Cc1ccccc1Br. The summed E-state index contributed by atoms with van der Waals surface area (Å²) in [5.74, 6) is 1.30. The summed E-state index contributed by atoms with van der Waals surface area (Å²) < 4.78 is 7.66. The molecule has 0 saturated heterocycles. The molecule has 0 spiro atoms. The summed E-state index contributed by atoms with van der Waals surface area (Å²) in [6.45, 7) is 0.650. The minimum absolute atomic E-state index is 0.381. The molecule has 0 radical (unpaired) electrons. The predicted molar refractivity (Wildman–Crippen MR) is 94.8 cm³/mol. The van der Waals surface area contributed by atoms with Crippen LogP contribution in [-0.4, -0.2) is 13.7 Å². The zero-order valence-corrected chi connectivity index (χ0v) is 15.2. The fourth-order valence-electron chi connectivity index (χ4n) is 2.43. The third kappa shape index (κ3) is 4.56. The van der Waals surface area contributed by atoms with Gasteiger partial charge in [-0.05, 0) is 60.7 Å². The van der Waals surface area contributed by atoms with E-state index in [1.54, 1.807) is 7.11 Å². The first-order valence-electron chi connectivity index (χ1n) is 6.90. The predicted octanol–water partition coefficient (Wildman–Crippen LogP) is 4.58. The van der Waals surface area contributed by atoms with Gasteiger partial charge in [-0.25, -0.2) is 0 Å². The first-order valence-corrected chi connectivity index (χ1v) is 8.48. The van der Waals surface area contributed by atoms with E-state index in [9.17, 15) is 0 Å². The van der Waals surface area contributed by atoms with Crippen LogP contribution >= 0.6 is 31.9 Å². The molecule has 2 nitrogen and oxygen atoms in total. The molecule has 1 unspecified atom stereocenters. The van der Waals surface area contributed by atoms with Crippen LogP contribution in [0.3, 0.4) is 0 Å². The molecule has 2 N–H and O–H groups in total. The highest BCUT2D eigenvalue weighted by atomic mass is 79.9. The molecule has 4 heteroatoms. The van der Waals surface area contributed by atoms with E-state index in [0.717, 1.165) is 27.5 Å². The molecular formula is C17H19Br2NO. The third-order valence-electron chi connectivity index (χ3n) is 3.55. The Morgan fingerprint density at radius 3 is 2.43 bits per heavy atom. The lowest BCUT2D eigenvalue weighted by molar-refractivity contribution is 0.403. The smallest absolute Gasteiger partial charge is 0.122 e. The summed E-state index contributed by atoms with van der Waals surface area (Å²) in [6, 6.07) is 14.4. The minimum atomic E-state index is 0.381. The number of methoxy groups -OCH3 is 1. The monoisotopic (exact) mass is 411 g/mol. The molecule has 21 heavy (non-hydrogen) atoms. The van der Waals surface area contributed by atoms with Crippen molar-refractivity contribution in [3.63, 3.8) is 0 Å². The van der Waals surface area contributed by atoms with Gasteiger partial charge in [0.15, 0.2) is 0 Å². The summed E-state index contributed by atoms with van der Waals surface area (Å²) in [6.07, 6.45) is 1.86. The van der Waals surface area contributed by atoms with Crippen molar-refractivity contribution in [2.45, 2.75) is 12.8 Å². The second kappa shape index (κ2) is 7.97. The van der Waals surface area contributed by atoms with Gasteiger partial charge < -0.3 is 10.5 Å². The minimum Gasteiger partial charge on any atom is -0.496 e. The number of ether oxygens (including phenoxy) is 1. The van der Waals surface area contributed by atoms with E-state index >= 15 is 0 Å². The molecule has 0 aliphatic heterocycles. The van der Waals surface area contributed by atoms with Crippen LogP contribution in [0.4, 0.5) is 0 Å². The quantitative estimate of drug-likeness (QED) is 0.753. The Morgan fingerprint density at radius 2 is 1.76 bits per heavy atom. The Labute approximate surface area is 143 Å². The molecule has 0 fully saturated rings. The highest BCUT2D eigenvalue weighted by molar-refractivity contribution is 9.10. The van der Waals surface area contributed by atoms with Crippen LogP contribution in [0.5, 0.6) is 5.75 Å². The van der Waals surface area contributed by atoms with Gasteiger partial charge >= 0.3 is 0 Å². The van der Waals surface area contributed by atoms with Gasteiger partial charge in [-0.15, -0.1) is 0 Å². The van der Waals surface area contributed by atoms with Gasteiger partial charge in [0.1, 0.15) is 5.75 Å². The zero-order chi connectivity index (χ0) is 15.2. The Bertz CT molecular complexity index is 601. The van der Waals surface area contributed by atoms with Crippen molar-refractivity contribution in [1.29, 1.82) is 0 Å². The van der Waals surface area contributed by atoms with Crippen molar-refractivity contribution >= 4 is 31.9 Å². The van der Waals surface area contributed by atoms with Crippen molar-refractivity contribution < 1.29 is 4.74 Å². The fourth-order valence-corrected chi connectivity index (χ4v) is 3.29. The van der Waals surface area contributed by atoms with Crippen molar-refractivity contribution in [2.24, 2.45) is 11.7 Å². The molecule has 2 aromatic rings. The molecule has 0 heterocycles. The second-order valence-corrected chi connectivity index (χ2v) is 6.83. The number of hydrogen-bond donors (Lipinski definition) is 1. The first kappa shape index (κ1) is 16.5. The molecule has 112 valence electrons. The van der Waals surface area contributed by atoms with Crippen molar-refractivity contribution in [3.05, 3.63) is 62.5 Å². The number of hydrogen-bond acceptors (Lipinski definition) is 2.